The average Bonchev–Trinajstić information content (AvgIpc) is 2.27. The quantitative estimate of drug-likeness (QED) is 0.865. The van der Waals surface area contributed by atoms with E-state index in [-0.39, 0.29) is 16.7 Å². The molecule has 0 aliphatic carbocycles. The Bertz CT molecular complexity index is 454. The predicted molar refractivity (Wildman–Crippen MR) is 77.6 cm³/mol. The number of carbonyl (C=O) groups is 1. The number of hydrogen-bond acceptors (Lipinski definition) is 3. The van der Waals surface area contributed by atoms with Gasteiger partial charge in [0.15, 0.2) is 0 Å². The maximum Gasteiger partial charge on any atom is 0.253 e. The van der Waals surface area contributed by atoms with Gasteiger partial charge in [-0.3, -0.25) is 4.79 Å². The number of amides is 1. The van der Waals surface area contributed by atoms with Crippen LogP contribution in [0.25, 0.3) is 0 Å². The molecule has 5 heteroatoms. The molecule has 0 radical (unpaired) electrons. The van der Waals surface area contributed by atoms with Crippen molar-refractivity contribution in [1.82, 2.24) is 15.5 Å². The van der Waals surface area contributed by atoms with Crippen LogP contribution in [0.15, 0.2) is 6.07 Å². The van der Waals surface area contributed by atoms with E-state index in [9.17, 15) is 4.79 Å². The summed E-state index contributed by atoms with van der Waals surface area (Å²) in [6.07, 6.45) is 0.849. The third kappa shape index (κ3) is 5.55. The molecule has 1 N–H and O–H groups in total. The summed E-state index contributed by atoms with van der Waals surface area (Å²) >= 11 is 6.23. The highest BCUT2D eigenvalue weighted by molar-refractivity contribution is 6.21. The first-order chi connectivity index (χ1) is 8.69. The van der Waals surface area contributed by atoms with Gasteiger partial charge in [0.25, 0.3) is 5.91 Å². The molecule has 1 atom stereocenters. The molecular formula is C14H22ClN3O. The molecule has 0 bridgehead atoms. The number of rotatable bonds is 4. The second kappa shape index (κ2) is 6.33. The smallest absolute Gasteiger partial charge is 0.253 e. The van der Waals surface area contributed by atoms with Gasteiger partial charge in [-0.2, -0.15) is 10.2 Å². The van der Waals surface area contributed by atoms with Crippen LogP contribution in [0.4, 0.5) is 0 Å². The van der Waals surface area contributed by atoms with Crippen molar-refractivity contribution in [3.63, 3.8) is 0 Å². The minimum atomic E-state index is -0.143. The first-order valence-corrected chi connectivity index (χ1v) is 6.86. The lowest BCUT2D eigenvalue weighted by atomic mass is 9.90. The molecule has 0 saturated carbocycles. The fourth-order valence-corrected chi connectivity index (χ4v) is 2.36. The largest absolute Gasteiger partial charge is 0.350 e. The molecule has 0 aliphatic heterocycles. The Morgan fingerprint density at radius 2 is 2.00 bits per heavy atom. The molecule has 0 aliphatic rings. The van der Waals surface area contributed by atoms with Gasteiger partial charge < -0.3 is 5.32 Å². The number of alkyl halides is 1. The Balaban J connectivity index is 2.58. The van der Waals surface area contributed by atoms with E-state index >= 15 is 0 Å². The fourth-order valence-electron chi connectivity index (χ4n) is 1.82. The molecule has 1 heterocycles. The number of aryl methyl sites for hydroxylation is 2. The third-order valence-corrected chi connectivity index (χ3v) is 2.97. The number of aromatic nitrogens is 2. The van der Waals surface area contributed by atoms with Crippen molar-refractivity contribution in [3.05, 3.63) is 23.0 Å². The van der Waals surface area contributed by atoms with Crippen LogP contribution >= 0.6 is 11.6 Å². The van der Waals surface area contributed by atoms with Crippen LogP contribution in [0, 0.1) is 19.3 Å². The number of hydrogen-bond donors (Lipinski definition) is 1. The van der Waals surface area contributed by atoms with Crippen LogP contribution < -0.4 is 5.32 Å². The van der Waals surface area contributed by atoms with E-state index in [0.717, 1.165) is 12.1 Å². The van der Waals surface area contributed by atoms with E-state index in [1.165, 1.54) is 0 Å². The molecule has 0 saturated heterocycles. The molecule has 1 unspecified atom stereocenters. The van der Waals surface area contributed by atoms with Crippen LogP contribution in [0.2, 0.25) is 0 Å². The topological polar surface area (TPSA) is 54.9 Å². The van der Waals surface area contributed by atoms with Gasteiger partial charge in [0.1, 0.15) is 0 Å². The molecule has 0 aromatic carbocycles. The highest BCUT2D eigenvalue weighted by Gasteiger charge is 2.18. The zero-order valence-corrected chi connectivity index (χ0v) is 13.0. The lowest BCUT2D eigenvalue weighted by Crippen LogP contribution is -2.32. The summed E-state index contributed by atoms with van der Waals surface area (Å²) in [5, 5.41) is 10.6. The molecule has 1 rings (SSSR count). The number of nitrogens with one attached hydrogen (secondary N) is 1. The van der Waals surface area contributed by atoms with Gasteiger partial charge in [-0.15, -0.1) is 11.6 Å². The predicted octanol–water partition coefficient (Wildman–Crippen LogP) is 2.87. The van der Waals surface area contributed by atoms with Gasteiger partial charge in [0.05, 0.1) is 22.3 Å². The van der Waals surface area contributed by atoms with Crippen molar-refractivity contribution in [3.8, 4) is 0 Å². The molecule has 1 aromatic heterocycles. The van der Waals surface area contributed by atoms with Gasteiger partial charge in [-0.05, 0) is 31.7 Å². The van der Waals surface area contributed by atoms with Crippen LogP contribution in [0.3, 0.4) is 0 Å². The lowest BCUT2D eigenvalue weighted by Gasteiger charge is -2.22. The van der Waals surface area contributed by atoms with E-state index in [1.54, 1.807) is 13.0 Å². The molecule has 0 fully saturated rings. The van der Waals surface area contributed by atoms with Crippen molar-refractivity contribution in [2.75, 3.05) is 6.54 Å². The Kier molecular flexibility index (Phi) is 5.29. The standard InChI is InChI=1S/C14H22ClN3O/c1-9-6-12(10(2)18-17-9)13(19)16-8-11(15)7-14(3,4)5/h6,11H,7-8H2,1-5H3,(H,16,19). The molecule has 106 valence electrons. The third-order valence-electron chi connectivity index (χ3n) is 2.66. The van der Waals surface area contributed by atoms with Crippen molar-refractivity contribution >= 4 is 17.5 Å². The highest BCUT2D eigenvalue weighted by Crippen LogP contribution is 2.23. The molecule has 19 heavy (non-hydrogen) atoms. The van der Waals surface area contributed by atoms with E-state index < -0.39 is 0 Å². The van der Waals surface area contributed by atoms with Crippen LogP contribution in [-0.2, 0) is 0 Å². The minimum absolute atomic E-state index is 0.0693. The molecular weight excluding hydrogens is 262 g/mol. The summed E-state index contributed by atoms with van der Waals surface area (Å²) in [6.45, 7) is 10.4. The summed E-state index contributed by atoms with van der Waals surface area (Å²) in [5.41, 5.74) is 2.08. The van der Waals surface area contributed by atoms with E-state index in [0.29, 0.717) is 17.8 Å². The zero-order chi connectivity index (χ0) is 14.6. The van der Waals surface area contributed by atoms with Gasteiger partial charge in [0, 0.05) is 6.54 Å². The van der Waals surface area contributed by atoms with E-state index in [2.05, 4.69) is 36.3 Å². The van der Waals surface area contributed by atoms with Crippen LogP contribution in [0.1, 0.15) is 48.9 Å². The normalized spacial score (nSPS) is 13.2. The Morgan fingerprint density at radius 3 is 2.58 bits per heavy atom. The maximum atomic E-state index is 12.1. The number of halogens is 1. The van der Waals surface area contributed by atoms with Crippen molar-refractivity contribution in [2.45, 2.75) is 46.4 Å². The lowest BCUT2D eigenvalue weighted by molar-refractivity contribution is 0.0950. The van der Waals surface area contributed by atoms with Crippen LogP contribution in [-0.4, -0.2) is 28.0 Å². The van der Waals surface area contributed by atoms with Gasteiger partial charge in [0.2, 0.25) is 0 Å². The molecule has 0 spiro atoms. The second-order valence-electron chi connectivity index (χ2n) is 6.06. The first kappa shape index (κ1) is 15.9. The van der Waals surface area contributed by atoms with Crippen molar-refractivity contribution < 1.29 is 4.79 Å². The van der Waals surface area contributed by atoms with Gasteiger partial charge in [-0.25, -0.2) is 0 Å². The molecule has 1 amide bonds. The molecule has 1 aromatic rings. The zero-order valence-electron chi connectivity index (χ0n) is 12.2. The van der Waals surface area contributed by atoms with Crippen molar-refractivity contribution in [2.24, 2.45) is 5.41 Å². The summed E-state index contributed by atoms with van der Waals surface area (Å²) in [7, 11) is 0. The SMILES string of the molecule is Cc1cc(C(=O)NCC(Cl)CC(C)(C)C)c(C)nn1. The second-order valence-corrected chi connectivity index (χ2v) is 6.67. The number of carbonyl (C=O) groups excluding carboxylic acids is 1. The summed E-state index contributed by atoms with van der Waals surface area (Å²) in [4.78, 5) is 12.1. The fraction of sp³-hybridized carbons (Fsp3) is 0.643. The Morgan fingerprint density at radius 1 is 1.37 bits per heavy atom. The summed E-state index contributed by atoms with van der Waals surface area (Å²) in [6, 6.07) is 1.74. The van der Waals surface area contributed by atoms with Gasteiger partial charge >= 0.3 is 0 Å². The van der Waals surface area contributed by atoms with E-state index in [1.807, 2.05) is 6.92 Å². The Labute approximate surface area is 120 Å². The van der Waals surface area contributed by atoms with Crippen molar-refractivity contribution in [1.29, 1.82) is 0 Å². The van der Waals surface area contributed by atoms with E-state index in [4.69, 9.17) is 11.6 Å². The average molecular weight is 284 g/mol. The Hall–Kier alpha value is -1.16. The highest BCUT2D eigenvalue weighted by atomic mass is 35.5. The monoisotopic (exact) mass is 283 g/mol. The summed E-state index contributed by atoms with van der Waals surface area (Å²) < 4.78 is 0. The summed E-state index contributed by atoms with van der Waals surface area (Å²) in [5.74, 6) is -0.143. The number of nitrogens with zero attached hydrogens (tertiary/aromatic N) is 2. The molecule has 4 nitrogen and oxygen atoms in total. The van der Waals surface area contributed by atoms with Gasteiger partial charge in [-0.1, -0.05) is 20.8 Å². The van der Waals surface area contributed by atoms with Crippen LogP contribution in [0.5, 0.6) is 0 Å². The minimum Gasteiger partial charge on any atom is -0.350 e. The first-order valence-electron chi connectivity index (χ1n) is 6.42. The maximum absolute atomic E-state index is 12.1.